The Hall–Kier alpha value is -3.32. The molecule has 12 heteroatoms. The molecule has 2 aromatic carbocycles. The van der Waals surface area contributed by atoms with Crippen molar-refractivity contribution in [3.05, 3.63) is 65.5 Å². The molecule has 3 aromatic rings. The van der Waals surface area contributed by atoms with Gasteiger partial charge in [-0.05, 0) is 30.0 Å². The van der Waals surface area contributed by atoms with E-state index in [0.29, 0.717) is 16.4 Å². The summed E-state index contributed by atoms with van der Waals surface area (Å²) in [7, 11) is -4.01. The van der Waals surface area contributed by atoms with Crippen molar-refractivity contribution in [3.63, 3.8) is 0 Å². The summed E-state index contributed by atoms with van der Waals surface area (Å²) >= 11 is 1.26. The zero-order valence-corrected chi connectivity index (χ0v) is 23.0. The molecule has 2 amide bonds. The van der Waals surface area contributed by atoms with Crippen LogP contribution < -0.4 is 10.6 Å². The molecule has 0 aliphatic heterocycles. The van der Waals surface area contributed by atoms with E-state index in [1.165, 1.54) is 34.7 Å². The van der Waals surface area contributed by atoms with Gasteiger partial charge in [0.15, 0.2) is 5.13 Å². The number of anilines is 1. The molecule has 204 valence electrons. The minimum Gasteiger partial charge on any atom is -0.465 e. The smallest absolute Gasteiger partial charge is 0.404 e. The first-order valence-electron chi connectivity index (χ1n) is 12.0. The van der Waals surface area contributed by atoms with Gasteiger partial charge in [0.05, 0.1) is 22.7 Å². The van der Waals surface area contributed by atoms with Crippen molar-refractivity contribution in [1.82, 2.24) is 14.6 Å². The van der Waals surface area contributed by atoms with E-state index >= 15 is 0 Å². The third-order valence-electron chi connectivity index (χ3n) is 5.61. The minimum atomic E-state index is -4.01. The van der Waals surface area contributed by atoms with Crippen molar-refractivity contribution in [2.45, 2.75) is 44.2 Å². The first-order chi connectivity index (χ1) is 18.0. The predicted octanol–water partition coefficient (Wildman–Crippen LogP) is 3.66. The summed E-state index contributed by atoms with van der Waals surface area (Å²) in [5.74, 6) is -0.275. The molecule has 0 aliphatic carbocycles. The zero-order chi connectivity index (χ0) is 27.9. The van der Waals surface area contributed by atoms with Gasteiger partial charge in [0, 0.05) is 31.0 Å². The molecule has 0 radical (unpaired) electrons. The van der Waals surface area contributed by atoms with Crippen molar-refractivity contribution in [2.24, 2.45) is 5.92 Å². The Morgan fingerprint density at radius 2 is 1.71 bits per heavy atom. The molecule has 0 bridgehead atoms. The van der Waals surface area contributed by atoms with Crippen molar-refractivity contribution in [3.8, 4) is 11.3 Å². The summed E-state index contributed by atoms with van der Waals surface area (Å²) in [6, 6.07) is 14.4. The Kier molecular flexibility index (Phi) is 9.97. The largest absolute Gasteiger partial charge is 0.465 e. The van der Waals surface area contributed by atoms with E-state index in [2.05, 4.69) is 15.6 Å². The van der Waals surface area contributed by atoms with Crippen LogP contribution in [0.5, 0.6) is 0 Å². The number of aliphatic hydroxyl groups is 1. The lowest BCUT2D eigenvalue weighted by Gasteiger charge is -2.30. The van der Waals surface area contributed by atoms with Crippen LogP contribution in [0.2, 0.25) is 0 Å². The van der Waals surface area contributed by atoms with E-state index < -0.39 is 28.3 Å². The monoisotopic (exact) mass is 560 g/mol. The summed E-state index contributed by atoms with van der Waals surface area (Å²) in [6.07, 6.45) is -2.39. The van der Waals surface area contributed by atoms with Gasteiger partial charge < -0.3 is 20.8 Å². The predicted molar refractivity (Wildman–Crippen MR) is 147 cm³/mol. The number of carboxylic acid groups (broad SMARTS) is 1. The molecule has 1 heterocycles. The number of benzene rings is 2. The molecule has 0 saturated heterocycles. The lowest BCUT2D eigenvalue weighted by Crippen LogP contribution is -2.50. The number of nitrogens with one attached hydrogen (secondary N) is 2. The van der Waals surface area contributed by atoms with Gasteiger partial charge in [0.1, 0.15) is 0 Å². The Bertz CT molecular complexity index is 1330. The number of hydrogen-bond donors (Lipinski definition) is 4. The van der Waals surface area contributed by atoms with Gasteiger partial charge in [-0.3, -0.25) is 4.79 Å². The lowest BCUT2D eigenvalue weighted by atomic mass is 10.0. The maximum absolute atomic E-state index is 13.6. The van der Waals surface area contributed by atoms with E-state index in [0.717, 1.165) is 5.56 Å². The number of amides is 2. The zero-order valence-electron chi connectivity index (χ0n) is 21.4. The topological polar surface area (TPSA) is 149 Å². The fourth-order valence-electron chi connectivity index (χ4n) is 3.88. The third kappa shape index (κ3) is 8.09. The van der Waals surface area contributed by atoms with Gasteiger partial charge in [0.2, 0.25) is 15.9 Å². The van der Waals surface area contributed by atoms with Gasteiger partial charge in [-0.25, -0.2) is 18.2 Å². The van der Waals surface area contributed by atoms with E-state index in [9.17, 15) is 28.2 Å². The summed E-state index contributed by atoms with van der Waals surface area (Å²) < 4.78 is 28.4. The third-order valence-corrected chi connectivity index (χ3v) is 8.21. The van der Waals surface area contributed by atoms with Crippen LogP contribution in [0.15, 0.2) is 64.9 Å². The number of carbonyl (C=O) groups excluding carboxylic acids is 1. The summed E-state index contributed by atoms with van der Waals surface area (Å²) in [5, 5.41) is 27.5. The van der Waals surface area contributed by atoms with Crippen LogP contribution in [0.25, 0.3) is 11.3 Å². The highest BCUT2D eigenvalue weighted by atomic mass is 32.2. The van der Waals surface area contributed by atoms with Crippen LogP contribution in [0.3, 0.4) is 0 Å². The highest BCUT2D eigenvalue weighted by Gasteiger charge is 2.31. The maximum atomic E-state index is 13.6. The first-order valence-corrected chi connectivity index (χ1v) is 14.3. The fourth-order valence-corrected chi connectivity index (χ4v) is 6.27. The van der Waals surface area contributed by atoms with E-state index in [1.807, 2.05) is 44.2 Å². The number of sulfonamides is 1. The molecule has 4 N–H and O–H groups in total. The van der Waals surface area contributed by atoms with Crippen molar-refractivity contribution < 1.29 is 28.2 Å². The average Bonchev–Trinajstić information content (AvgIpc) is 3.31. The van der Waals surface area contributed by atoms with Gasteiger partial charge in [-0.1, -0.05) is 56.3 Å². The normalized spacial score (nSPS) is 13.3. The molecule has 3 rings (SSSR count). The van der Waals surface area contributed by atoms with Crippen LogP contribution in [-0.2, 0) is 21.2 Å². The molecule has 38 heavy (non-hydrogen) atoms. The molecule has 0 fully saturated rings. The minimum absolute atomic E-state index is 0.0391. The van der Waals surface area contributed by atoms with Crippen molar-refractivity contribution in [2.75, 3.05) is 18.4 Å². The molecular weight excluding hydrogens is 528 g/mol. The second kappa shape index (κ2) is 13.0. The molecule has 10 nitrogen and oxygen atoms in total. The van der Waals surface area contributed by atoms with Gasteiger partial charge in [-0.2, -0.15) is 4.31 Å². The van der Waals surface area contributed by atoms with Gasteiger partial charge >= 0.3 is 6.09 Å². The Morgan fingerprint density at radius 1 is 1.05 bits per heavy atom. The quantitative estimate of drug-likeness (QED) is 0.264. The Labute approximate surface area is 226 Å². The number of rotatable bonds is 12. The van der Waals surface area contributed by atoms with Crippen LogP contribution in [0, 0.1) is 5.92 Å². The number of hydrogen-bond acceptors (Lipinski definition) is 7. The van der Waals surface area contributed by atoms with Crippen LogP contribution in [-0.4, -0.2) is 65.2 Å². The van der Waals surface area contributed by atoms with Gasteiger partial charge in [-0.15, -0.1) is 11.3 Å². The van der Waals surface area contributed by atoms with E-state index in [1.54, 1.807) is 17.5 Å². The SMILES string of the molecule is CC(=O)Nc1nc(-c2ccc(S(=O)(=O)N(CC(C)C)C[C@@H](O)[C@H](Cc3ccccc3)NC(=O)O)cc2)cs1. The van der Waals surface area contributed by atoms with Crippen LogP contribution in [0.1, 0.15) is 26.3 Å². The standard InChI is InChI=1S/C26H32N4O6S2/c1-17(2)14-30(15-24(32)22(29-26(33)34)13-19-7-5-4-6-8-19)38(35,36)21-11-9-20(10-12-21)23-16-37-25(28-23)27-18(3)31/h4-12,16-17,22,24,29,32H,13-15H2,1-3H3,(H,33,34)(H,27,28,31)/t22-,24+/m0/s1. The van der Waals surface area contributed by atoms with Crippen molar-refractivity contribution >= 4 is 38.5 Å². The van der Waals surface area contributed by atoms with E-state index in [-0.39, 0.29) is 36.2 Å². The molecule has 1 aromatic heterocycles. The highest BCUT2D eigenvalue weighted by Crippen LogP contribution is 2.27. The molecule has 0 spiro atoms. The second-order valence-electron chi connectivity index (χ2n) is 9.27. The van der Waals surface area contributed by atoms with E-state index in [4.69, 9.17) is 0 Å². The second-order valence-corrected chi connectivity index (χ2v) is 12.1. The fraction of sp³-hybridized carbons (Fsp3) is 0.346. The Morgan fingerprint density at radius 3 is 2.29 bits per heavy atom. The number of carbonyl (C=O) groups is 2. The first kappa shape index (κ1) is 29.2. The number of aliphatic hydroxyl groups excluding tert-OH is 1. The van der Waals surface area contributed by atoms with Crippen LogP contribution >= 0.6 is 11.3 Å². The highest BCUT2D eigenvalue weighted by molar-refractivity contribution is 7.89. The summed E-state index contributed by atoms with van der Waals surface area (Å²) in [6.45, 7) is 4.97. The number of thiazole rings is 1. The summed E-state index contributed by atoms with van der Waals surface area (Å²) in [5.41, 5.74) is 2.09. The molecule has 0 unspecified atom stereocenters. The summed E-state index contributed by atoms with van der Waals surface area (Å²) in [4.78, 5) is 27.0. The van der Waals surface area contributed by atoms with Crippen LogP contribution in [0.4, 0.5) is 9.93 Å². The number of nitrogens with zero attached hydrogens (tertiary/aromatic N) is 2. The van der Waals surface area contributed by atoms with Crippen molar-refractivity contribution in [1.29, 1.82) is 0 Å². The average molecular weight is 561 g/mol. The molecule has 0 aliphatic rings. The molecular formula is C26H32N4O6S2. The Balaban J connectivity index is 1.82. The molecule has 2 atom stereocenters. The maximum Gasteiger partial charge on any atom is 0.404 e. The number of aromatic nitrogens is 1. The lowest BCUT2D eigenvalue weighted by molar-refractivity contribution is -0.114. The molecule has 0 saturated carbocycles. The van der Waals surface area contributed by atoms with Gasteiger partial charge in [0.25, 0.3) is 0 Å².